The summed E-state index contributed by atoms with van der Waals surface area (Å²) in [7, 11) is 1.58. The minimum absolute atomic E-state index is 0.0695. The predicted molar refractivity (Wildman–Crippen MR) is 118 cm³/mol. The van der Waals surface area contributed by atoms with Crippen molar-refractivity contribution in [3.8, 4) is 17.0 Å². The Morgan fingerprint density at radius 1 is 1.10 bits per heavy atom. The molecule has 8 heteroatoms. The van der Waals surface area contributed by atoms with Gasteiger partial charge < -0.3 is 26.0 Å². The molecule has 1 aliphatic heterocycles. The van der Waals surface area contributed by atoms with E-state index in [1.54, 1.807) is 13.3 Å². The number of ether oxygens (including phenoxy) is 1. The third kappa shape index (κ3) is 4.43. The number of carbonyl (C=O) groups excluding carboxylic acids is 1. The Labute approximate surface area is 175 Å². The molecule has 3 aromatic rings. The van der Waals surface area contributed by atoms with Crippen molar-refractivity contribution in [3.05, 3.63) is 54.7 Å². The first-order valence-electron chi connectivity index (χ1n) is 9.82. The third-order valence-electron chi connectivity index (χ3n) is 4.94. The van der Waals surface area contributed by atoms with Gasteiger partial charge in [0, 0.05) is 36.2 Å². The maximum absolute atomic E-state index is 12.3. The van der Waals surface area contributed by atoms with Gasteiger partial charge in [0.2, 0.25) is 5.95 Å². The van der Waals surface area contributed by atoms with Crippen LogP contribution in [0.15, 0.2) is 54.7 Å². The summed E-state index contributed by atoms with van der Waals surface area (Å²) >= 11 is 0. The second-order valence-corrected chi connectivity index (χ2v) is 7.05. The van der Waals surface area contributed by atoms with Crippen LogP contribution in [0.5, 0.6) is 5.75 Å². The van der Waals surface area contributed by atoms with Gasteiger partial charge in [-0.25, -0.2) is 14.8 Å². The standard InChI is InChI=1S/C22H24N6O2/c1-30-20-8-7-15(13-18(20)23)19-9-10-24-21(27-19)25-16-5-4-6-17(14-16)26-22(29)28-11-2-3-12-28/h4-10,13-14H,2-3,11-12,23H2,1H3,(H,26,29)(H,24,25,27). The van der Waals surface area contributed by atoms with E-state index in [1.807, 2.05) is 53.4 Å². The van der Waals surface area contributed by atoms with Crippen molar-refractivity contribution in [1.29, 1.82) is 0 Å². The van der Waals surface area contributed by atoms with Crippen LogP contribution in [0.25, 0.3) is 11.3 Å². The van der Waals surface area contributed by atoms with Crippen molar-refractivity contribution in [1.82, 2.24) is 14.9 Å². The molecule has 0 aliphatic carbocycles. The van der Waals surface area contributed by atoms with Gasteiger partial charge in [0.05, 0.1) is 18.5 Å². The molecule has 0 spiro atoms. The molecule has 8 nitrogen and oxygen atoms in total. The number of nitrogens with zero attached hydrogens (tertiary/aromatic N) is 3. The lowest BCUT2D eigenvalue weighted by molar-refractivity contribution is 0.222. The number of likely N-dealkylation sites (tertiary alicyclic amines) is 1. The van der Waals surface area contributed by atoms with Crippen LogP contribution >= 0.6 is 0 Å². The summed E-state index contributed by atoms with van der Waals surface area (Å²) in [5, 5.41) is 6.14. The molecule has 1 fully saturated rings. The van der Waals surface area contributed by atoms with Crippen molar-refractivity contribution >= 4 is 29.0 Å². The maximum Gasteiger partial charge on any atom is 0.321 e. The Kier molecular flexibility index (Phi) is 5.65. The number of rotatable bonds is 5. The summed E-state index contributed by atoms with van der Waals surface area (Å²) in [6.07, 6.45) is 3.80. The van der Waals surface area contributed by atoms with E-state index in [4.69, 9.17) is 10.5 Å². The molecule has 1 aliphatic rings. The summed E-state index contributed by atoms with van der Waals surface area (Å²) in [6.45, 7) is 1.61. The Morgan fingerprint density at radius 3 is 2.67 bits per heavy atom. The number of aromatic nitrogens is 2. The smallest absolute Gasteiger partial charge is 0.321 e. The number of carbonyl (C=O) groups is 1. The van der Waals surface area contributed by atoms with E-state index in [2.05, 4.69) is 20.6 Å². The second-order valence-electron chi connectivity index (χ2n) is 7.05. The summed E-state index contributed by atoms with van der Waals surface area (Å²) in [6, 6.07) is 14.8. The lowest BCUT2D eigenvalue weighted by atomic mass is 10.1. The zero-order valence-corrected chi connectivity index (χ0v) is 16.8. The lowest BCUT2D eigenvalue weighted by Gasteiger charge is -2.16. The van der Waals surface area contributed by atoms with Gasteiger partial charge in [-0.1, -0.05) is 6.07 Å². The highest BCUT2D eigenvalue weighted by Crippen LogP contribution is 2.28. The Bertz CT molecular complexity index is 1050. The molecule has 2 amide bonds. The first-order valence-corrected chi connectivity index (χ1v) is 9.82. The number of hydrogen-bond donors (Lipinski definition) is 3. The number of nitrogens with one attached hydrogen (secondary N) is 2. The number of hydrogen-bond acceptors (Lipinski definition) is 6. The molecular weight excluding hydrogens is 380 g/mol. The highest BCUT2D eigenvalue weighted by molar-refractivity contribution is 5.90. The first kappa shape index (κ1) is 19.5. The topological polar surface area (TPSA) is 105 Å². The van der Waals surface area contributed by atoms with Crippen LogP contribution in [0.3, 0.4) is 0 Å². The average Bonchev–Trinajstić information content (AvgIpc) is 3.29. The minimum Gasteiger partial charge on any atom is -0.495 e. The zero-order chi connectivity index (χ0) is 20.9. The molecule has 2 aromatic carbocycles. The van der Waals surface area contributed by atoms with Crippen LogP contribution in [0.2, 0.25) is 0 Å². The SMILES string of the molecule is COc1ccc(-c2ccnc(Nc3cccc(NC(=O)N4CCCC4)c3)n2)cc1N. The monoisotopic (exact) mass is 404 g/mol. The summed E-state index contributed by atoms with van der Waals surface area (Å²) in [4.78, 5) is 23.0. The van der Waals surface area contributed by atoms with Crippen LogP contribution < -0.4 is 21.1 Å². The molecule has 0 atom stereocenters. The van der Waals surface area contributed by atoms with Gasteiger partial charge in [0.15, 0.2) is 0 Å². The fraction of sp³-hybridized carbons (Fsp3) is 0.227. The van der Waals surface area contributed by atoms with Gasteiger partial charge in [-0.2, -0.15) is 0 Å². The van der Waals surface area contributed by atoms with E-state index >= 15 is 0 Å². The molecule has 0 radical (unpaired) electrons. The number of anilines is 4. The van der Waals surface area contributed by atoms with Gasteiger partial charge >= 0.3 is 6.03 Å². The first-order chi connectivity index (χ1) is 14.6. The van der Waals surface area contributed by atoms with Crippen molar-refractivity contribution in [3.63, 3.8) is 0 Å². The molecule has 0 saturated carbocycles. The van der Waals surface area contributed by atoms with E-state index in [0.717, 1.165) is 48.6 Å². The molecule has 2 heterocycles. The van der Waals surface area contributed by atoms with E-state index in [-0.39, 0.29) is 6.03 Å². The second kappa shape index (κ2) is 8.69. The lowest BCUT2D eigenvalue weighted by Crippen LogP contribution is -2.32. The van der Waals surface area contributed by atoms with Crippen LogP contribution in [0, 0.1) is 0 Å². The quantitative estimate of drug-likeness (QED) is 0.553. The number of methoxy groups -OCH3 is 1. The van der Waals surface area contributed by atoms with Crippen LogP contribution in [-0.4, -0.2) is 41.1 Å². The number of nitrogens with two attached hydrogens (primary N) is 1. The molecular formula is C22H24N6O2. The fourth-order valence-corrected chi connectivity index (χ4v) is 3.40. The fourth-order valence-electron chi connectivity index (χ4n) is 3.40. The van der Waals surface area contributed by atoms with Crippen LogP contribution in [0.4, 0.5) is 27.8 Å². The van der Waals surface area contributed by atoms with E-state index in [1.165, 1.54) is 0 Å². The molecule has 4 rings (SSSR count). The van der Waals surface area contributed by atoms with Crippen molar-refractivity contribution in [2.45, 2.75) is 12.8 Å². The molecule has 4 N–H and O–H groups in total. The van der Waals surface area contributed by atoms with Crippen LogP contribution in [0.1, 0.15) is 12.8 Å². The Balaban J connectivity index is 1.49. The predicted octanol–water partition coefficient (Wildman–Crippen LogP) is 4.11. The maximum atomic E-state index is 12.3. The van der Waals surface area contributed by atoms with E-state index in [9.17, 15) is 4.79 Å². The molecule has 154 valence electrons. The van der Waals surface area contributed by atoms with Crippen molar-refractivity contribution in [2.24, 2.45) is 0 Å². The summed E-state index contributed by atoms with van der Waals surface area (Å²) in [5.74, 6) is 1.07. The number of nitrogen functional groups attached to an aromatic ring is 1. The van der Waals surface area contributed by atoms with Gasteiger partial charge in [0.25, 0.3) is 0 Å². The molecule has 30 heavy (non-hydrogen) atoms. The molecule has 0 bridgehead atoms. The molecule has 0 unspecified atom stereocenters. The van der Waals surface area contributed by atoms with Crippen molar-refractivity contribution in [2.75, 3.05) is 36.6 Å². The van der Waals surface area contributed by atoms with E-state index in [0.29, 0.717) is 17.4 Å². The third-order valence-corrected chi connectivity index (χ3v) is 4.94. The number of benzene rings is 2. The molecule has 1 aromatic heterocycles. The number of urea groups is 1. The highest BCUT2D eigenvalue weighted by Gasteiger charge is 2.17. The van der Waals surface area contributed by atoms with Gasteiger partial charge in [-0.15, -0.1) is 0 Å². The van der Waals surface area contributed by atoms with Gasteiger partial charge in [0.1, 0.15) is 5.75 Å². The Hall–Kier alpha value is -3.81. The zero-order valence-electron chi connectivity index (χ0n) is 16.8. The largest absolute Gasteiger partial charge is 0.495 e. The number of amides is 2. The van der Waals surface area contributed by atoms with Gasteiger partial charge in [-0.3, -0.25) is 0 Å². The Morgan fingerprint density at radius 2 is 1.90 bits per heavy atom. The summed E-state index contributed by atoms with van der Waals surface area (Å²) in [5.41, 5.74) is 9.66. The summed E-state index contributed by atoms with van der Waals surface area (Å²) < 4.78 is 5.21. The normalized spacial score (nSPS) is 13.2. The van der Waals surface area contributed by atoms with Crippen molar-refractivity contribution < 1.29 is 9.53 Å². The molecule has 1 saturated heterocycles. The van der Waals surface area contributed by atoms with Crippen LogP contribution in [-0.2, 0) is 0 Å². The van der Waals surface area contributed by atoms with Gasteiger partial charge in [-0.05, 0) is 55.3 Å². The highest BCUT2D eigenvalue weighted by atomic mass is 16.5. The average molecular weight is 404 g/mol. The van der Waals surface area contributed by atoms with E-state index < -0.39 is 0 Å². The minimum atomic E-state index is -0.0695.